The fraction of sp³-hybridized carbons (Fsp3) is 0.474. The van der Waals surface area contributed by atoms with Gasteiger partial charge in [0, 0.05) is 18.3 Å². The number of ether oxygens (including phenoxy) is 2. The number of halogens is 1. The minimum absolute atomic E-state index is 0.00351. The van der Waals surface area contributed by atoms with Crippen LogP contribution in [0.25, 0.3) is 0 Å². The van der Waals surface area contributed by atoms with Crippen molar-refractivity contribution in [3.05, 3.63) is 41.2 Å². The molecule has 1 fully saturated rings. The predicted octanol–water partition coefficient (Wildman–Crippen LogP) is 3.55. The molecule has 140 valence electrons. The molecule has 2 atom stereocenters. The molecule has 1 aromatic heterocycles. The van der Waals surface area contributed by atoms with Crippen molar-refractivity contribution in [1.82, 2.24) is 14.7 Å². The Balaban J connectivity index is 1.80. The zero-order valence-electron chi connectivity index (χ0n) is 15.3. The molecular weight excluding hydrogens is 354 g/mol. The molecule has 1 aromatic carbocycles. The molecule has 6 nitrogen and oxygen atoms in total. The second-order valence-electron chi connectivity index (χ2n) is 6.58. The minimum atomic E-state index is -0.192. The highest BCUT2D eigenvalue weighted by atomic mass is 35.5. The topological polar surface area (TPSA) is 56.6 Å². The molecule has 0 saturated carbocycles. The number of nitrogens with zero attached hydrogens (tertiary/aromatic N) is 3. The van der Waals surface area contributed by atoms with Crippen LogP contribution in [0.15, 0.2) is 30.6 Å². The third-order valence-corrected chi connectivity index (χ3v) is 5.01. The summed E-state index contributed by atoms with van der Waals surface area (Å²) in [4.78, 5) is 15.0. The molecule has 1 amide bonds. The molecule has 1 saturated heterocycles. The Kier molecular flexibility index (Phi) is 5.71. The Morgan fingerprint density at radius 2 is 2.19 bits per heavy atom. The second kappa shape index (κ2) is 7.99. The van der Waals surface area contributed by atoms with Gasteiger partial charge >= 0.3 is 0 Å². The van der Waals surface area contributed by atoms with Gasteiger partial charge in [0.1, 0.15) is 11.5 Å². The molecule has 2 aromatic rings. The zero-order valence-corrected chi connectivity index (χ0v) is 16.1. The maximum Gasteiger partial charge on any atom is 0.227 e. The Bertz CT molecular complexity index is 777. The van der Waals surface area contributed by atoms with E-state index >= 15 is 0 Å². The first-order valence-electron chi connectivity index (χ1n) is 8.74. The Morgan fingerprint density at radius 1 is 1.38 bits per heavy atom. The molecule has 0 unspecified atom stereocenters. The highest BCUT2D eigenvalue weighted by Crippen LogP contribution is 2.39. The molecular formula is C19H24ClN3O3. The van der Waals surface area contributed by atoms with Gasteiger partial charge in [0.25, 0.3) is 0 Å². The number of benzene rings is 1. The number of aromatic nitrogens is 2. The van der Waals surface area contributed by atoms with Crippen molar-refractivity contribution in [2.24, 2.45) is 5.92 Å². The summed E-state index contributed by atoms with van der Waals surface area (Å²) in [5.74, 6) is 1.47. The SMILES string of the molecule is COc1ccc(OC)c([C@H]2CCCN2C(=O)[C@@H](C)Cn2cc(Cl)cn2)c1. The van der Waals surface area contributed by atoms with Crippen LogP contribution in [0.1, 0.15) is 31.4 Å². The van der Waals surface area contributed by atoms with E-state index in [2.05, 4.69) is 5.10 Å². The fourth-order valence-corrected chi connectivity index (χ4v) is 3.69. The Hall–Kier alpha value is -2.21. The van der Waals surface area contributed by atoms with Gasteiger partial charge in [-0.15, -0.1) is 0 Å². The van der Waals surface area contributed by atoms with E-state index < -0.39 is 0 Å². The number of hydrogen-bond acceptors (Lipinski definition) is 4. The van der Waals surface area contributed by atoms with Crippen molar-refractivity contribution in [1.29, 1.82) is 0 Å². The van der Waals surface area contributed by atoms with Crippen LogP contribution in [0.3, 0.4) is 0 Å². The summed E-state index contributed by atoms with van der Waals surface area (Å²) in [5, 5.41) is 4.74. The van der Waals surface area contributed by atoms with Crippen molar-refractivity contribution < 1.29 is 14.3 Å². The average Bonchev–Trinajstić information content (AvgIpc) is 3.29. The highest BCUT2D eigenvalue weighted by molar-refractivity contribution is 6.30. The first-order chi connectivity index (χ1) is 12.5. The summed E-state index contributed by atoms with van der Waals surface area (Å²) < 4.78 is 12.6. The lowest BCUT2D eigenvalue weighted by Gasteiger charge is -2.29. The van der Waals surface area contributed by atoms with Gasteiger partial charge in [0.05, 0.1) is 43.9 Å². The lowest BCUT2D eigenvalue weighted by Crippen LogP contribution is -2.36. The van der Waals surface area contributed by atoms with Gasteiger partial charge in [-0.1, -0.05) is 18.5 Å². The van der Waals surface area contributed by atoms with Gasteiger partial charge in [-0.25, -0.2) is 0 Å². The van der Waals surface area contributed by atoms with E-state index in [1.807, 2.05) is 30.0 Å². The molecule has 0 aliphatic carbocycles. The van der Waals surface area contributed by atoms with Crippen LogP contribution >= 0.6 is 11.6 Å². The van der Waals surface area contributed by atoms with Crippen molar-refractivity contribution >= 4 is 17.5 Å². The third kappa shape index (κ3) is 3.80. The van der Waals surface area contributed by atoms with Crippen molar-refractivity contribution in [2.45, 2.75) is 32.4 Å². The van der Waals surface area contributed by atoms with Crippen molar-refractivity contribution in [3.63, 3.8) is 0 Å². The van der Waals surface area contributed by atoms with Crippen LogP contribution in [0.2, 0.25) is 5.02 Å². The van der Waals surface area contributed by atoms with Gasteiger partial charge in [0.15, 0.2) is 0 Å². The van der Waals surface area contributed by atoms with Gasteiger partial charge < -0.3 is 14.4 Å². The van der Waals surface area contributed by atoms with E-state index in [0.717, 1.165) is 36.4 Å². The Labute approximate surface area is 158 Å². The normalized spacial score (nSPS) is 18.0. The number of rotatable bonds is 6. The van der Waals surface area contributed by atoms with E-state index in [4.69, 9.17) is 21.1 Å². The molecule has 7 heteroatoms. The monoisotopic (exact) mass is 377 g/mol. The van der Waals surface area contributed by atoms with Gasteiger partial charge in [-0.3, -0.25) is 9.48 Å². The molecule has 0 spiro atoms. The smallest absolute Gasteiger partial charge is 0.227 e. The van der Waals surface area contributed by atoms with Gasteiger partial charge in [-0.05, 0) is 31.0 Å². The van der Waals surface area contributed by atoms with Crippen LogP contribution in [0, 0.1) is 5.92 Å². The van der Waals surface area contributed by atoms with E-state index in [-0.39, 0.29) is 17.9 Å². The fourth-order valence-electron chi connectivity index (χ4n) is 3.53. The summed E-state index contributed by atoms with van der Waals surface area (Å²) in [7, 11) is 3.29. The third-order valence-electron chi connectivity index (χ3n) is 4.82. The molecule has 2 heterocycles. The molecule has 1 aliphatic rings. The highest BCUT2D eigenvalue weighted by Gasteiger charge is 2.34. The molecule has 0 N–H and O–H groups in total. The summed E-state index contributed by atoms with van der Waals surface area (Å²) in [6.45, 7) is 3.17. The molecule has 3 rings (SSSR count). The largest absolute Gasteiger partial charge is 0.497 e. The first-order valence-corrected chi connectivity index (χ1v) is 9.11. The summed E-state index contributed by atoms with van der Waals surface area (Å²) >= 11 is 5.91. The molecule has 1 aliphatic heterocycles. The number of methoxy groups -OCH3 is 2. The second-order valence-corrected chi connectivity index (χ2v) is 7.02. The number of likely N-dealkylation sites (tertiary alicyclic amines) is 1. The van der Waals surface area contributed by atoms with Crippen LogP contribution < -0.4 is 9.47 Å². The quantitative estimate of drug-likeness (QED) is 0.772. The van der Waals surface area contributed by atoms with E-state index in [9.17, 15) is 4.79 Å². The predicted molar refractivity (Wildman–Crippen MR) is 99.6 cm³/mol. The van der Waals surface area contributed by atoms with Crippen molar-refractivity contribution in [2.75, 3.05) is 20.8 Å². The van der Waals surface area contributed by atoms with Crippen LogP contribution in [-0.4, -0.2) is 41.4 Å². The number of carbonyl (C=O) groups is 1. The standard InChI is InChI=1S/C19H24ClN3O3/c1-13(11-22-12-14(20)10-21-22)19(24)23-8-4-5-17(23)16-9-15(25-2)6-7-18(16)26-3/h6-7,9-10,12-13,17H,4-5,8,11H2,1-3H3/t13-,17+/m0/s1. The number of hydrogen-bond donors (Lipinski definition) is 0. The minimum Gasteiger partial charge on any atom is -0.497 e. The maximum atomic E-state index is 13.1. The van der Waals surface area contributed by atoms with E-state index in [1.165, 1.54) is 0 Å². The van der Waals surface area contributed by atoms with E-state index in [1.54, 1.807) is 31.3 Å². The Morgan fingerprint density at radius 3 is 2.85 bits per heavy atom. The van der Waals surface area contributed by atoms with Gasteiger partial charge in [-0.2, -0.15) is 5.10 Å². The van der Waals surface area contributed by atoms with E-state index in [0.29, 0.717) is 11.6 Å². The molecule has 0 radical (unpaired) electrons. The summed E-state index contributed by atoms with van der Waals surface area (Å²) in [6, 6.07) is 5.72. The lowest BCUT2D eigenvalue weighted by molar-refractivity contribution is -0.136. The summed E-state index contributed by atoms with van der Waals surface area (Å²) in [6.07, 6.45) is 5.20. The lowest BCUT2D eigenvalue weighted by atomic mass is 10.0. The van der Waals surface area contributed by atoms with Crippen molar-refractivity contribution in [3.8, 4) is 11.5 Å². The molecule has 26 heavy (non-hydrogen) atoms. The van der Waals surface area contributed by atoms with Crippen LogP contribution in [-0.2, 0) is 11.3 Å². The summed E-state index contributed by atoms with van der Waals surface area (Å²) in [5.41, 5.74) is 0.993. The van der Waals surface area contributed by atoms with Crippen LogP contribution in [0.5, 0.6) is 11.5 Å². The maximum absolute atomic E-state index is 13.1. The number of amides is 1. The molecule has 0 bridgehead atoms. The number of carbonyl (C=O) groups excluding carboxylic acids is 1. The first kappa shape index (κ1) is 18.6. The van der Waals surface area contributed by atoms with Crippen LogP contribution in [0.4, 0.5) is 0 Å². The average molecular weight is 378 g/mol. The zero-order chi connectivity index (χ0) is 18.7. The van der Waals surface area contributed by atoms with Gasteiger partial charge in [0.2, 0.25) is 5.91 Å².